The van der Waals surface area contributed by atoms with Crippen molar-refractivity contribution in [2.45, 2.75) is 82.1 Å². The van der Waals surface area contributed by atoms with Gasteiger partial charge in [-0.15, -0.1) is 0 Å². The van der Waals surface area contributed by atoms with E-state index in [0.29, 0.717) is 25.7 Å². The Balaban J connectivity index is 1.62. The van der Waals surface area contributed by atoms with Crippen LogP contribution in [0.15, 0.2) is 47.1 Å². The van der Waals surface area contributed by atoms with Crippen LogP contribution < -0.4 is 0 Å². The molecule has 0 spiro atoms. The van der Waals surface area contributed by atoms with Gasteiger partial charge in [-0.05, 0) is 78.7 Å². The Kier molecular flexibility index (Phi) is 6.59. The topological polar surface area (TPSA) is 70.3 Å². The fourth-order valence-electron chi connectivity index (χ4n) is 7.77. The van der Waals surface area contributed by atoms with Crippen molar-refractivity contribution in [3.63, 3.8) is 0 Å². The van der Waals surface area contributed by atoms with Crippen LogP contribution in [0, 0.1) is 28.6 Å². The van der Waals surface area contributed by atoms with E-state index in [9.17, 15) is 23.1 Å². The van der Waals surface area contributed by atoms with Crippen LogP contribution in [-0.2, 0) is 16.1 Å². The van der Waals surface area contributed by atoms with E-state index in [4.69, 9.17) is 10.00 Å². The second-order valence-corrected chi connectivity index (χ2v) is 11.4. The zero-order valence-electron chi connectivity index (χ0n) is 21.1. The minimum absolute atomic E-state index is 0.0433. The fraction of sp³-hybridized carbons (Fsp3) is 0.586. The Hall–Kier alpha value is -2.57. The smallest absolute Gasteiger partial charge is 0.383 e. The SMILES string of the molecule is C[C@]12C[C@H](c3ccc(COCC#N)cc3)C3=C4CCC(=O)C=C4CCC3C1CC[C@@]2(O)C(F)(F)C(F)(F)F. The van der Waals surface area contributed by atoms with Crippen molar-refractivity contribution in [2.24, 2.45) is 17.3 Å². The van der Waals surface area contributed by atoms with Gasteiger partial charge in [0.05, 0.1) is 12.7 Å². The van der Waals surface area contributed by atoms with Crippen LogP contribution >= 0.6 is 0 Å². The molecule has 0 saturated heterocycles. The molecular weight excluding hydrogens is 505 g/mol. The zero-order chi connectivity index (χ0) is 27.5. The predicted octanol–water partition coefficient (Wildman–Crippen LogP) is 6.55. The Bertz CT molecular complexity index is 1230. The maximum absolute atomic E-state index is 15.0. The number of nitriles is 1. The van der Waals surface area contributed by atoms with Crippen LogP contribution in [-0.4, -0.2) is 35.2 Å². The maximum atomic E-state index is 15.0. The third-order valence-corrected chi connectivity index (χ3v) is 9.58. The molecule has 0 bridgehead atoms. The van der Waals surface area contributed by atoms with E-state index in [2.05, 4.69) is 0 Å². The van der Waals surface area contributed by atoms with Gasteiger partial charge in [0.1, 0.15) is 12.2 Å². The molecule has 0 amide bonds. The Morgan fingerprint density at radius 2 is 1.82 bits per heavy atom. The first kappa shape index (κ1) is 27.0. The summed E-state index contributed by atoms with van der Waals surface area (Å²) in [7, 11) is 0. The van der Waals surface area contributed by atoms with Gasteiger partial charge in [0.15, 0.2) is 5.78 Å². The summed E-state index contributed by atoms with van der Waals surface area (Å²) in [6.07, 6.45) is -2.82. The predicted molar refractivity (Wildman–Crippen MR) is 128 cm³/mol. The van der Waals surface area contributed by atoms with Crippen LogP contribution in [0.2, 0.25) is 0 Å². The number of ketones is 1. The van der Waals surface area contributed by atoms with Gasteiger partial charge in [0.25, 0.3) is 0 Å². The number of hydrogen-bond acceptors (Lipinski definition) is 4. The number of nitrogens with zero attached hydrogens (tertiary/aromatic N) is 1. The monoisotopic (exact) mass is 535 g/mol. The lowest BCUT2D eigenvalue weighted by Crippen LogP contribution is -2.65. The number of rotatable bonds is 5. The molecular formula is C29H30F5NO3. The Labute approximate surface area is 218 Å². The van der Waals surface area contributed by atoms with Crippen LogP contribution in [0.1, 0.15) is 68.9 Å². The number of ether oxygens (including phenoxy) is 1. The van der Waals surface area contributed by atoms with Crippen LogP contribution in [0.25, 0.3) is 0 Å². The van der Waals surface area contributed by atoms with E-state index in [0.717, 1.165) is 27.8 Å². The van der Waals surface area contributed by atoms with E-state index < -0.39 is 41.4 Å². The molecule has 2 fully saturated rings. The Morgan fingerprint density at radius 1 is 1.11 bits per heavy atom. The molecule has 0 radical (unpaired) electrons. The lowest BCUT2D eigenvalue weighted by molar-refractivity contribution is -0.362. The molecule has 5 atom stereocenters. The summed E-state index contributed by atoms with van der Waals surface area (Å²) in [6.45, 7) is 1.56. The standard InChI is InChI=1S/C29H30F5NO3/c1-26-15-23(18-4-2-17(3-5-18)16-38-13-12-35)25-21-9-7-20(36)14-19(21)6-8-22(25)24(26)10-11-27(26,37)28(30,31)29(32,33)34/h2-5,14,22-24,37H,6-11,13,15-16H2,1H3/t22?,23-,24?,26+,27+/m1/s1. The molecule has 0 aliphatic heterocycles. The van der Waals surface area contributed by atoms with Gasteiger partial charge in [-0.1, -0.05) is 36.8 Å². The van der Waals surface area contributed by atoms with Crippen molar-refractivity contribution >= 4 is 5.78 Å². The quantitative estimate of drug-likeness (QED) is 0.343. The van der Waals surface area contributed by atoms with E-state index in [-0.39, 0.29) is 37.8 Å². The van der Waals surface area contributed by atoms with E-state index in [1.807, 2.05) is 18.2 Å². The van der Waals surface area contributed by atoms with Crippen molar-refractivity contribution in [1.29, 1.82) is 5.26 Å². The largest absolute Gasteiger partial charge is 0.456 e. The number of alkyl halides is 5. The molecule has 204 valence electrons. The molecule has 9 heteroatoms. The summed E-state index contributed by atoms with van der Waals surface area (Å²) in [6, 6.07) is 9.15. The highest BCUT2D eigenvalue weighted by atomic mass is 19.4. The number of benzene rings is 1. The molecule has 2 unspecified atom stereocenters. The molecule has 1 aromatic rings. The zero-order valence-corrected chi connectivity index (χ0v) is 21.1. The number of hydrogen-bond donors (Lipinski definition) is 1. The molecule has 4 nitrogen and oxygen atoms in total. The number of allylic oxidation sites excluding steroid dienone is 4. The highest BCUT2D eigenvalue weighted by Crippen LogP contribution is 2.70. The second-order valence-electron chi connectivity index (χ2n) is 11.4. The third kappa shape index (κ3) is 3.94. The molecule has 1 aromatic carbocycles. The second kappa shape index (κ2) is 9.27. The minimum atomic E-state index is -5.87. The summed E-state index contributed by atoms with van der Waals surface area (Å²) in [5.74, 6) is -6.47. The summed E-state index contributed by atoms with van der Waals surface area (Å²) >= 11 is 0. The van der Waals surface area contributed by atoms with E-state index >= 15 is 8.78 Å². The fourth-order valence-corrected chi connectivity index (χ4v) is 7.77. The first-order chi connectivity index (χ1) is 17.8. The van der Waals surface area contributed by atoms with Gasteiger partial charge in [-0.25, -0.2) is 0 Å². The van der Waals surface area contributed by atoms with Crippen molar-refractivity contribution < 1.29 is 36.6 Å². The molecule has 1 N–H and O–H groups in total. The van der Waals surface area contributed by atoms with Crippen LogP contribution in [0.5, 0.6) is 0 Å². The number of aliphatic hydroxyl groups is 1. The summed E-state index contributed by atoms with van der Waals surface area (Å²) in [5.41, 5.74) is -0.322. The Morgan fingerprint density at radius 3 is 2.47 bits per heavy atom. The van der Waals surface area contributed by atoms with Crippen molar-refractivity contribution in [1.82, 2.24) is 0 Å². The van der Waals surface area contributed by atoms with Gasteiger partial charge in [-0.3, -0.25) is 4.79 Å². The highest BCUT2D eigenvalue weighted by molar-refractivity contribution is 5.93. The molecule has 2 saturated carbocycles. The molecule has 5 rings (SSSR count). The lowest BCUT2D eigenvalue weighted by Gasteiger charge is -2.56. The molecule has 4 aliphatic carbocycles. The van der Waals surface area contributed by atoms with Gasteiger partial charge in [-0.2, -0.15) is 27.2 Å². The van der Waals surface area contributed by atoms with Crippen molar-refractivity contribution in [2.75, 3.05) is 6.61 Å². The average Bonchev–Trinajstić information content (AvgIpc) is 3.15. The summed E-state index contributed by atoms with van der Waals surface area (Å²) in [4.78, 5) is 12.1. The van der Waals surface area contributed by atoms with Crippen LogP contribution in [0.4, 0.5) is 22.0 Å². The first-order valence-electron chi connectivity index (χ1n) is 13.0. The average molecular weight is 536 g/mol. The van der Waals surface area contributed by atoms with E-state index in [1.54, 1.807) is 18.2 Å². The maximum Gasteiger partial charge on any atom is 0.456 e. The number of halogens is 5. The van der Waals surface area contributed by atoms with Crippen LogP contribution in [0.3, 0.4) is 0 Å². The number of carbonyl (C=O) groups excluding carboxylic acids is 1. The highest BCUT2D eigenvalue weighted by Gasteiger charge is 2.79. The van der Waals surface area contributed by atoms with Gasteiger partial charge < -0.3 is 9.84 Å². The number of carbonyl (C=O) groups is 1. The summed E-state index contributed by atoms with van der Waals surface area (Å²) in [5, 5.41) is 20.0. The third-order valence-electron chi connectivity index (χ3n) is 9.58. The number of fused-ring (bicyclic) bond motifs is 4. The van der Waals surface area contributed by atoms with Crippen molar-refractivity contribution in [3.8, 4) is 6.07 Å². The first-order valence-corrected chi connectivity index (χ1v) is 13.0. The molecule has 0 aromatic heterocycles. The normalized spacial score (nSPS) is 33.3. The lowest BCUT2D eigenvalue weighted by atomic mass is 9.50. The van der Waals surface area contributed by atoms with Gasteiger partial charge in [0.2, 0.25) is 0 Å². The van der Waals surface area contributed by atoms with Gasteiger partial charge in [0, 0.05) is 17.8 Å². The molecule has 4 aliphatic rings. The summed E-state index contributed by atoms with van der Waals surface area (Å²) < 4.78 is 76.3. The van der Waals surface area contributed by atoms with Crippen molar-refractivity contribution in [3.05, 3.63) is 58.2 Å². The minimum Gasteiger partial charge on any atom is -0.383 e. The van der Waals surface area contributed by atoms with E-state index in [1.165, 1.54) is 6.92 Å². The molecule has 0 heterocycles. The molecule has 38 heavy (non-hydrogen) atoms. The van der Waals surface area contributed by atoms with Gasteiger partial charge >= 0.3 is 12.1 Å².